The molecule has 0 saturated carbocycles. The molecule has 3 aromatic rings. The molecule has 7 heteroatoms. The Morgan fingerprint density at radius 2 is 2.17 bits per heavy atom. The van der Waals surface area contributed by atoms with E-state index in [1.54, 1.807) is 18.1 Å². The second-order valence-corrected chi connectivity index (χ2v) is 7.59. The number of anilines is 1. The molecule has 1 atom stereocenters. The fourth-order valence-corrected chi connectivity index (χ4v) is 3.91. The zero-order valence-corrected chi connectivity index (χ0v) is 16.8. The molecule has 1 aromatic heterocycles. The molecule has 4 rings (SSSR count). The molecule has 1 aliphatic heterocycles. The summed E-state index contributed by atoms with van der Waals surface area (Å²) in [6.07, 6.45) is 2.84. The monoisotopic (exact) mass is 411 g/mol. The maximum absolute atomic E-state index is 12.6. The van der Waals surface area contributed by atoms with Gasteiger partial charge in [0.1, 0.15) is 5.75 Å². The number of carbonyl (C=O) groups excluding carboxylic acids is 2. The molecular weight excluding hydrogens is 390 g/mol. The summed E-state index contributed by atoms with van der Waals surface area (Å²) in [4.78, 5) is 29.9. The molecule has 1 fully saturated rings. The number of amides is 2. The Kier molecular flexibility index (Phi) is 5.45. The fourth-order valence-electron chi connectivity index (χ4n) is 3.73. The van der Waals surface area contributed by atoms with Crippen molar-refractivity contribution in [1.82, 2.24) is 10.3 Å². The lowest BCUT2D eigenvalue weighted by Crippen LogP contribution is -2.34. The van der Waals surface area contributed by atoms with Crippen molar-refractivity contribution < 1.29 is 14.3 Å². The highest BCUT2D eigenvalue weighted by Gasteiger charge is 2.35. The van der Waals surface area contributed by atoms with E-state index in [4.69, 9.17) is 16.3 Å². The number of hydrogen-bond donors (Lipinski definition) is 2. The van der Waals surface area contributed by atoms with Gasteiger partial charge >= 0.3 is 0 Å². The van der Waals surface area contributed by atoms with Crippen LogP contribution in [0.5, 0.6) is 5.75 Å². The van der Waals surface area contributed by atoms with E-state index in [1.165, 1.54) is 0 Å². The molecule has 2 aromatic carbocycles. The highest BCUT2D eigenvalue weighted by Crippen LogP contribution is 2.28. The average Bonchev–Trinajstić information content (AvgIpc) is 3.31. The third-order valence-corrected chi connectivity index (χ3v) is 5.52. The van der Waals surface area contributed by atoms with Crippen molar-refractivity contribution in [2.45, 2.75) is 12.8 Å². The van der Waals surface area contributed by atoms with Crippen LogP contribution in [0.3, 0.4) is 0 Å². The maximum atomic E-state index is 12.6. The number of carbonyl (C=O) groups is 2. The Bertz CT molecular complexity index is 1060. The zero-order chi connectivity index (χ0) is 20.4. The van der Waals surface area contributed by atoms with E-state index in [2.05, 4.69) is 10.3 Å². The minimum Gasteiger partial charge on any atom is -0.497 e. The van der Waals surface area contributed by atoms with Crippen molar-refractivity contribution in [2.24, 2.45) is 5.92 Å². The van der Waals surface area contributed by atoms with Crippen LogP contribution in [0.15, 0.2) is 48.7 Å². The molecule has 0 spiro atoms. The smallest absolute Gasteiger partial charge is 0.227 e. The third-order valence-electron chi connectivity index (χ3n) is 5.28. The number of nitrogens with one attached hydrogen (secondary N) is 2. The Labute approximate surface area is 173 Å². The zero-order valence-electron chi connectivity index (χ0n) is 16.1. The number of hydrogen-bond acceptors (Lipinski definition) is 3. The van der Waals surface area contributed by atoms with Gasteiger partial charge in [0.25, 0.3) is 0 Å². The number of rotatable bonds is 6. The molecule has 2 N–H and O–H groups in total. The van der Waals surface area contributed by atoms with Gasteiger partial charge in [-0.15, -0.1) is 0 Å². The Morgan fingerprint density at radius 1 is 1.31 bits per heavy atom. The van der Waals surface area contributed by atoms with Gasteiger partial charge in [0.2, 0.25) is 11.8 Å². The van der Waals surface area contributed by atoms with Gasteiger partial charge < -0.3 is 19.9 Å². The van der Waals surface area contributed by atoms with Crippen molar-refractivity contribution in [1.29, 1.82) is 0 Å². The standard InChI is InChI=1S/C22H22ClN3O3/c1-29-18-4-2-3-17(11-18)26-13-15(9-21(26)27)22(28)24-8-7-14-12-25-20-6-5-16(23)10-19(14)20/h2-6,10-12,15,25H,7-9,13H2,1H3,(H,24,28)/t15-/m1/s1. The van der Waals surface area contributed by atoms with E-state index in [0.29, 0.717) is 30.3 Å². The summed E-state index contributed by atoms with van der Waals surface area (Å²) < 4.78 is 5.22. The van der Waals surface area contributed by atoms with E-state index in [0.717, 1.165) is 22.2 Å². The lowest BCUT2D eigenvalue weighted by atomic mass is 10.1. The van der Waals surface area contributed by atoms with Crippen LogP contribution in [-0.2, 0) is 16.0 Å². The lowest BCUT2D eigenvalue weighted by Gasteiger charge is -2.17. The second kappa shape index (κ2) is 8.17. The first-order valence-electron chi connectivity index (χ1n) is 9.53. The molecule has 29 heavy (non-hydrogen) atoms. The van der Waals surface area contributed by atoms with Gasteiger partial charge in [0, 0.05) is 53.4 Å². The van der Waals surface area contributed by atoms with Crippen molar-refractivity contribution in [3.8, 4) is 5.75 Å². The normalized spacial score (nSPS) is 16.4. The van der Waals surface area contributed by atoms with Gasteiger partial charge in [0.05, 0.1) is 13.0 Å². The summed E-state index contributed by atoms with van der Waals surface area (Å²) in [6.45, 7) is 0.878. The number of benzene rings is 2. The topological polar surface area (TPSA) is 74.4 Å². The van der Waals surface area contributed by atoms with E-state index in [9.17, 15) is 9.59 Å². The van der Waals surface area contributed by atoms with E-state index in [-0.39, 0.29) is 24.2 Å². The number of nitrogens with zero attached hydrogens (tertiary/aromatic N) is 1. The average molecular weight is 412 g/mol. The van der Waals surface area contributed by atoms with Gasteiger partial charge in [0.15, 0.2) is 0 Å². The number of fused-ring (bicyclic) bond motifs is 1. The number of H-pyrrole nitrogens is 1. The van der Waals surface area contributed by atoms with Crippen LogP contribution < -0.4 is 15.0 Å². The number of aromatic amines is 1. The second-order valence-electron chi connectivity index (χ2n) is 7.15. The van der Waals surface area contributed by atoms with Crippen molar-refractivity contribution in [3.63, 3.8) is 0 Å². The van der Waals surface area contributed by atoms with Crippen LogP contribution in [0.25, 0.3) is 10.9 Å². The van der Waals surface area contributed by atoms with Crippen LogP contribution in [0.1, 0.15) is 12.0 Å². The van der Waals surface area contributed by atoms with Crippen molar-refractivity contribution >= 4 is 40.0 Å². The predicted molar refractivity (Wildman–Crippen MR) is 113 cm³/mol. The van der Waals surface area contributed by atoms with Gasteiger partial charge in [-0.05, 0) is 42.3 Å². The minimum absolute atomic E-state index is 0.0512. The van der Waals surface area contributed by atoms with Crippen LogP contribution >= 0.6 is 11.6 Å². The first kappa shape index (κ1) is 19.3. The number of ether oxygens (including phenoxy) is 1. The first-order valence-corrected chi connectivity index (χ1v) is 9.90. The Morgan fingerprint density at radius 3 is 3.00 bits per heavy atom. The molecule has 0 aliphatic carbocycles. The molecule has 0 unspecified atom stereocenters. The molecule has 2 amide bonds. The summed E-state index contributed by atoms with van der Waals surface area (Å²) in [7, 11) is 1.59. The Hall–Kier alpha value is -2.99. The van der Waals surface area contributed by atoms with E-state index in [1.807, 2.05) is 42.6 Å². The highest BCUT2D eigenvalue weighted by molar-refractivity contribution is 6.31. The molecule has 1 saturated heterocycles. The van der Waals surface area contributed by atoms with Gasteiger partial charge in [-0.2, -0.15) is 0 Å². The fraction of sp³-hybridized carbons (Fsp3) is 0.273. The molecule has 2 heterocycles. The van der Waals surface area contributed by atoms with E-state index < -0.39 is 0 Å². The van der Waals surface area contributed by atoms with Crippen LogP contribution in [-0.4, -0.2) is 37.0 Å². The summed E-state index contributed by atoms with van der Waals surface area (Å²) in [6, 6.07) is 13.0. The summed E-state index contributed by atoms with van der Waals surface area (Å²) >= 11 is 6.09. The first-order chi connectivity index (χ1) is 14.0. The number of halogens is 1. The van der Waals surface area contributed by atoms with Crippen LogP contribution in [0, 0.1) is 5.92 Å². The third kappa shape index (κ3) is 4.07. The summed E-state index contributed by atoms with van der Waals surface area (Å²) in [5.74, 6) is 0.180. The Balaban J connectivity index is 1.35. The quantitative estimate of drug-likeness (QED) is 0.651. The maximum Gasteiger partial charge on any atom is 0.227 e. The summed E-state index contributed by atoms with van der Waals surface area (Å²) in [5, 5.41) is 4.71. The molecule has 0 radical (unpaired) electrons. The molecule has 0 bridgehead atoms. The SMILES string of the molecule is COc1cccc(N2C[C@H](C(=O)NCCc3c[nH]c4ccc(Cl)cc34)CC2=O)c1. The van der Waals surface area contributed by atoms with Gasteiger partial charge in [-0.3, -0.25) is 9.59 Å². The van der Waals surface area contributed by atoms with Gasteiger partial charge in [-0.25, -0.2) is 0 Å². The van der Waals surface area contributed by atoms with Crippen LogP contribution in [0.2, 0.25) is 5.02 Å². The van der Waals surface area contributed by atoms with Gasteiger partial charge in [-0.1, -0.05) is 17.7 Å². The van der Waals surface area contributed by atoms with Crippen molar-refractivity contribution in [3.05, 3.63) is 59.2 Å². The predicted octanol–water partition coefficient (Wildman–Crippen LogP) is 3.54. The number of aromatic nitrogens is 1. The van der Waals surface area contributed by atoms with Crippen molar-refractivity contribution in [2.75, 3.05) is 25.1 Å². The molecular formula is C22H22ClN3O3. The number of methoxy groups -OCH3 is 1. The van der Waals surface area contributed by atoms with Crippen LogP contribution in [0.4, 0.5) is 5.69 Å². The minimum atomic E-state index is -0.355. The largest absolute Gasteiger partial charge is 0.497 e. The highest BCUT2D eigenvalue weighted by atomic mass is 35.5. The lowest BCUT2D eigenvalue weighted by molar-refractivity contribution is -0.126. The molecule has 150 valence electrons. The summed E-state index contributed by atoms with van der Waals surface area (Å²) in [5.41, 5.74) is 2.87. The molecule has 6 nitrogen and oxygen atoms in total. The van der Waals surface area contributed by atoms with E-state index >= 15 is 0 Å². The molecule has 1 aliphatic rings.